The van der Waals surface area contributed by atoms with Gasteiger partial charge in [-0.2, -0.15) is 0 Å². The number of ether oxygens (including phenoxy) is 1. The molecule has 1 atom stereocenters. The lowest BCUT2D eigenvalue weighted by Gasteiger charge is -2.32. The van der Waals surface area contributed by atoms with E-state index in [1.165, 1.54) is 17.0 Å². The zero-order chi connectivity index (χ0) is 28.4. The fourth-order valence-electron chi connectivity index (χ4n) is 3.89. The number of anilines is 1. The van der Waals surface area contributed by atoms with Crippen molar-refractivity contribution in [1.29, 1.82) is 0 Å². The molecule has 0 aliphatic carbocycles. The van der Waals surface area contributed by atoms with Gasteiger partial charge >= 0.3 is 0 Å². The molecule has 0 aliphatic heterocycles. The fraction of sp³-hybridized carbons (Fsp3) is 0.310. The van der Waals surface area contributed by atoms with Crippen molar-refractivity contribution < 1.29 is 22.7 Å². The Hall–Kier alpha value is -3.37. The Morgan fingerprint density at radius 3 is 2.18 bits per heavy atom. The molecule has 0 saturated heterocycles. The molecule has 0 aliphatic rings. The van der Waals surface area contributed by atoms with Crippen LogP contribution in [0.2, 0.25) is 0 Å². The van der Waals surface area contributed by atoms with Crippen LogP contribution in [0.5, 0.6) is 5.75 Å². The first kappa shape index (κ1) is 30.2. The Labute approximate surface area is 239 Å². The molecule has 3 aromatic carbocycles. The number of nitrogens with one attached hydrogen (secondary N) is 1. The molecule has 3 aromatic rings. The van der Waals surface area contributed by atoms with Gasteiger partial charge in [0.2, 0.25) is 11.8 Å². The maximum Gasteiger partial charge on any atom is 0.264 e. The highest BCUT2D eigenvalue weighted by atomic mass is 79.9. The average Bonchev–Trinajstić information content (AvgIpc) is 2.95. The van der Waals surface area contributed by atoms with Crippen LogP contribution in [-0.4, -0.2) is 50.9 Å². The van der Waals surface area contributed by atoms with E-state index in [0.29, 0.717) is 24.6 Å². The fourth-order valence-corrected chi connectivity index (χ4v) is 5.59. The third-order valence-corrected chi connectivity index (χ3v) is 8.35. The lowest BCUT2D eigenvalue weighted by Crippen LogP contribution is -2.51. The maximum absolute atomic E-state index is 13.9. The van der Waals surface area contributed by atoms with Crippen molar-refractivity contribution in [2.45, 2.75) is 44.7 Å². The third kappa shape index (κ3) is 8.06. The van der Waals surface area contributed by atoms with Crippen LogP contribution in [0.25, 0.3) is 0 Å². The lowest BCUT2D eigenvalue weighted by molar-refractivity contribution is -0.139. The van der Waals surface area contributed by atoms with Gasteiger partial charge in [0.25, 0.3) is 10.0 Å². The summed E-state index contributed by atoms with van der Waals surface area (Å²) in [5.41, 5.74) is 1.11. The Bertz CT molecular complexity index is 1330. The van der Waals surface area contributed by atoms with E-state index < -0.39 is 28.5 Å². The molecule has 0 spiro atoms. The second-order valence-corrected chi connectivity index (χ2v) is 11.6. The van der Waals surface area contributed by atoms with E-state index >= 15 is 0 Å². The van der Waals surface area contributed by atoms with Crippen LogP contribution in [0, 0.1) is 0 Å². The van der Waals surface area contributed by atoms with E-state index in [2.05, 4.69) is 21.2 Å². The molecule has 0 saturated carbocycles. The minimum absolute atomic E-state index is 0.0554. The number of hydrogen-bond donors (Lipinski definition) is 1. The van der Waals surface area contributed by atoms with Crippen LogP contribution in [0.3, 0.4) is 0 Å². The van der Waals surface area contributed by atoms with Gasteiger partial charge in [-0.25, -0.2) is 8.42 Å². The SMILES string of the molecule is CCCNC(=O)C(C)N(Cc1ccc(Br)cc1)C(=O)CN(c1ccc(OCC)cc1)S(=O)(=O)c1ccccc1. The molecule has 39 heavy (non-hydrogen) atoms. The van der Waals surface area contributed by atoms with E-state index in [-0.39, 0.29) is 17.3 Å². The average molecular weight is 617 g/mol. The highest BCUT2D eigenvalue weighted by molar-refractivity contribution is 9.10. The van der Waals surface area contributed by atoms with Crippen molar-refractivity contribution in [3.05, 3.63) is 88.9 Å². The highest BCUT2D eigenvalue weighted by Crippen LogP contribution is 2.26. The van der Waals surface area contributed by atoms with Crippen LogP contribution in [0.1, 0.15) is 32.8 Å². The van der Waals surface area contributed by atoms with Gasteiger partial charge < -0.3 is 15.0 Å². The summed E-state index contributed by atoms with van der Waals surface area (Å²) < 4.78 is 35.0. The summed E-state index contributed by atoms with van der Waals surface area (Å²) in [6.07, 6.45) is 0.750. The standard InChI is InChI=1S/C29H34BrN3O5S/c1-4-19-31-29(35)22(3)32(20-23-11-13-24(30)14-12-23)28(34)21-33(25-15-17-26(18-16-25)38-5-2)39(36,37)27-9-7-6-8-10-27/h6-18,22H,4-5,19-21H2,1-3H3,(H,31,35). The van der Waals surface area contributed by atoms with Crippen molar-refractivity contribution in [2.24, 2.45) is 0 Å². The molecule has 0 fully saturated rings. The summed E-state index contributed by atoms with van der Waals surface area (Å²) in [5.74, 6) is -0.228. The quantitative estimate of drug-likeness (QED) is 0.292. The van der Waals surface area contributed by atoms with Crippen LogP contribution < -0.4 is 14.4 Å². The molecule has 1 N–H and O–H groups in total. The third-order valence-electron chi connectivity index (χ3n) is 6.03. The van der Waals surface area contributed by atoms with Gasteiger partial charge in [-0.15, -0.1) is 0 Å². The van der Waals surface area contributed by atoms with Gasteiger partial charge in [-0.3, -0.25) is 13.9 Å². The number of carbonyl (C=O) groups excluding carboxylic acids is 2. The molecule has 0 heterocycles. The van der Waals surface area contributed by atoms with Crippen LogP contribution >= 0.6 is 15.9 Å². The number of nitrogens with zero attached hydrogens (tertiary/aromatic N) is 2. The Balaban J connectivity index is 2.00. The van der Waals surface area contributed by atoms with Crippen LogP contribution in [0.4, 0.5) is 5.69 Å². The van der Waals surface area contributed by atoms with Crippen molar-refractivity contribution >= 4 is 43.5 Å². The van der Waals surface area contributed by atoms with E-state index in [0.717, 1.165) is 20.8 Å². The van der Waals surface area contributed by atoms with Crippen molar-refractivity contribution in [3.8, 4) is 5.75 Å². The lowest BCUT2D eigenvalue weighted by atomic mass is 10.1. The number of rotatable bonds is 13. The monoisotopic (exact) mass is 615 g/mol. The Kier molecular flexibility index (Phi) is 10.9. The maximum atomic E-state index is 13.9. The van der Waals surface area contributed by atoms with E-state index in [9.17, 15) is 18.0 Å². The topological polar surface area (TPSA) is 96.0 Å². The molecule has 8 nitrogen and oxygen atoms in total. The molecule has 1 unspecified atom stereocenters. The normalized spacial score (nSPS) is 11.9. The number of sulfonamides is 1. The smallest absolute Gasteiger partial charge is 0.264 e. The summed E-state index contributed by atoms with van der Waals surface area (Å²) in [6.45, 7) is 6.03. The summed E-state index contributed by atoms with van der Waals surface area (Å²) in [7, 11) is -4.11. The van der Waals surface area contributed by atoms with Crippen LogP contribution in [0.15, 0.2) is 88.2 Å². The summed E-state index contributed by atoms with van der Waals surface area (Å²) in [5, 5.41) is 2.84. The van der Waals surface area contributed by atoms with Gasteiger partial charge in [0, 0.05) is 17.6 Å². The van der Waals surface area contributed by atoms with E-state index in [4.69, 9.17) is 4.74 Å². The number of hydrogen-bond acceptors (Lipinski definition) is 5. The second kappa shape index (κ2) is 14.1. The van der Waals surface area contributed by atoms with E-state index in [1.807, 2.05) is 38.1 Å². The summed E-state index contributed by atoms with van der Waals surface area (Å²) in [6, 6.07) is 21.1. The van der Waals surface area contributed by atoms with Crippen molar-refractivity contribution in [2.75, 3.05) is 24.0 Å². The van der Waals surface area contributed by atoms with Gasteiger partial charge in [-0.1, -0.05) is 53.2 Å². The highest BCUT2D eigenvalue weighted by Gasteiger charge is 2.32. The second-order valence-electron chi connectivity index (χ2n) is 8.87. The predicted molar refractivity (Wildman–Crippen MR) is 156 cm³/mol. The summed E-state index contributed by atoms with van der Waals surface area (Å²) in [4.78, 5) is 28.2. The number of halogens is 1. The Morgan fingerprint density at radius 1 is 0.949 bits per heavy atom. The molecular formula is C29H34BrN3O5S. The predicted octanol–water partition coefficient (Wildman–Crippen LogP) is 4.99. The zero-order valence-corrected chi connectivity index (χ0v) is 24.7. The zero-order valence-electron chi connectivity index (χ0n) is 22.3. The first-order valence-corrected chi connectivity index (χ1v) is 15.0. The molecule has 2 amide bonds. The minimum Gasteiger partial charge on any atom is -0.494 e. The molecule has 3 rings (SSSR count). The van der Waals surface area contributed by atoms with Gasteiger partial charge in [-0.05, 0) is 74.4 Å². The number of amides is 2. The van der Waals surface area contributed by atoms with Gasteiger partial charge in [0.15, 0.2) is 0 Å². The first-order chi connectivity index (χ1) is 18.7. The van der Waals surface area contributed by atoms with Crippen molar-refractivity contribution in [3.63, 3.8) is 0 Å². The van der Waals surface area contributed by atoms with Crippen LogP contribution in [-0.2, 0) is 26.2 Å². The molecule has 0 radical (unpaired) electrons. The van der Waals surface area contributed by atoms with Gasteiger partial charge in [0.1, 0.15) is 18.3 Å². The molecule has 0 aromatic heterocycles. The molecule has 10 heteroatoms. The van der Waals surface area contributed by atoms with Gasteiger partial charge in [0.05, 0.1) is 17.2 Å². The first-order valence-electron chi connectivity index (χ1n) is 12.8. The van der Waals surface area contributed by atoms with E-state index in [1.54, 1.807) is 49.4 Å². The molecule has 0 bridgehead atoms. The number of benzene rings is 3. The Morgan fingerprint density at radius 2 is 1.59 bits per heavy atom. The van der Waals surface area contributed by atoms with Crippen molar-refractivity contribution in [1.82, 2.24) is 10.2 Å². The summed E-state index contributed by atoms with van der Waals surface area (Å²) >= 11 is 3.41. The number of carbonyl (C=O) groups is 2. The molecule has 208 valence electrons. The largest absolute Gasteiger partial charge is 0.494 e. The minimum atomic E-state index is -4.11. The molecular weight excluding hydrogens is 582 g/mol.